The van der Waals surface area contributed by atoms with Crippen LogP contribution in [0.1, 0.15) is 23.0 Å². The van der Waals surface area contributed by atoms with Gasteiger partial charge in [0.15, 0.2) is 22.8 Å². The molecule has 0 radical (unpaired) electrons. The van der Waals surface area contributed by atoms with Crippen LogP contribution in [-0.2, 0) is 16.4 Å². The summed E-state index contributed by atoms with van der Waals surface area (Å²) in [7, 11) is -3.80. The molecule has 2 aromatic carbocycles. The van der Waals surface area contributed by atoms with Crippen LogP contribution in [0.2, 0.25) is 0 Å². The van der Waals surface area contributed by atoms with E-state index in [-0.39, 0.29) is 39.5 Å². The summed E-state index contributed by atoms with van der Waals surface area (Å²) in [6.45, 7) is 2.23. The molecule has 0 saturated heterocycles. The van der Waals surface area contributed by atoms with Gasteiger partial charge in [0.1, 0.15) is 0 Å². The molecule has 0 bridgehead atoms. The van der Waals surface area contributed by atoms with Crippen molar-refractivity contribution < 1.29 is 27.5 Å². The minimum absolute atomic E-state index is 0.0131. The molecule has 0 aliphatic heterocycles. The van der Waals surface area contributed by atoms with E-state index in [2.05, 4.69) is 10.3 Å². The molecule has 9 heteroatoms. The van der Waals surface area contributed by atoms with Crippen LogP contribution in [0, 0.1) is 0 Å². The average molecular weight is 452 g/mol. The molecule has 0 atom stereocenters. The number of hydrogen-bond acceptors (Lipinski definition) is 7. The molecule has 4 aromatic rings. The Kier molecular flexibility index (Phi) is 5.83. The Bertz CT molecular complexity index is 1340. The van der Waals surface area contributed by atoms with E-state index in [4.69, 9.17) is 9.15 Å². The Labute approximate surface area is 184 Å². The number of pyridine rings is 1. The number of rotatable bonds is 7. The standard InChI is InChI=1S/C23H20N2O6S/c1-2-30-20-12-18(7-8-19(20)26)32(28,29)17-5-3-15(4-6-17)13-25-23(27)21-11-16-9-10-24-14-22(16)31-21/h3-12,14,26H,2,13H2,1H3,(H,25,27). The number of hydrogen-bond donors (Lipinski definition) is 2. The van der Waals surface area contributed by atoms with Gasteiger partial charge in [-0.15, -0.1) is 0 Å². The number of fused-ring (bicyclic) bond motifs is 1. The highest BCUT2D eigenvalue weighted by Gasteiger charge is 2.20. The predicted octanol–water partition coefficient (Wildman–Crippen LogP) is 3.69. The lowest BCUT2D eigenvalue weighted by molar-refractivity contribution is 0.0925. The fourth-order valence-corrected chi connectivity index (χ4v) is 4.40. The highest BCUT2D eigenvalue weighted by atomic mass is 32.2. The minimum Gasteiger partial charge on any atom is -0.504 e. The molecule has 2 N–H and O–H groups in total. The van der Waals surface area contributed by atoms with Gasteiger partial charge in [0.25, 0.3) is 5.91 Å². The first-order valence-electron chi connectivity index (χ1n) is 9.80. The van der Waals surface area contributed by atoms with Crippen LogP contribution < -0.4 is 10.1 Å². The van der Waals surface area contributed by atoms with E-state index < -0.39 is 9.84 Å². The van der Waals surface area contributed by atoms with Crippen molar-refractivity contribution in [2.45, 2.75) is 23.3 Å². The van der Waals surface area contributed by atoms with Crippen LogP contribution in [0.15, 0.2) is 81.2 Å². The van der Waals surface area contributed by atoms with E-state index in [9.17, 15) is 18.3 Å². The molecule has 0 aliphatic rings. The lowest BCUT2D eigenvalue weighted by Gasteiger charge is -2.10. The minimum atomic E-state index is -3.80. The lowest BCUT2D eigenvalue weighted by atomic mass is 10.2. The summed E-state index contributed by atoms with van der Waals surface area (Å²) >= 11 is 0. The molecular weight excluding hydrogens is 432 g/mol. The molecule has 8 nitrogen and oxygen atoms in total. The van der Waals surface area contributed by atoms with E-state index in [1.807, 2.05) is 0 Å². The first-order chi connectivity index (χ1) is 15.4. The number of aromatic hydroxyl groups is 1. The van der Waals surface area contributed by atoms with Gasteiger partial charge in [-0.05, 0) is 48.9 Å². The summed E-state index contributed by atoms with van der Waals surface area (Å²) in [5.41, 5.74) is 1.24. The smallest absolute Gasteiger partial charge is 0.287 e. The van der Waals surface area contributed by atoms with Gasteiger partial charge in [-0.1, -0.05) is 12.1 Å². The number of ether oxygens (including phenoxy) is 1. The van der Waals surface area contributed by atoms with Crippen LogP contribution in [0.3, 0.4) is 0 Å². The zero-order chi connectivity index (χ0) is 22.7. The molecule has 32 heavy (non-hydrogen) atoms. The lowest BCUT2D eigenvalue weighted by Crippen LogP contribution is -2.22. The summed E-state index contributed by atoms with van der Waals surface area (Å²) in [6, 6.07) is 13.5. The molecule has 0 unspecified atom stereocenters. The van der Waals surface area contributed by atoms with Crippen LogP contribution in [0.25, 0.3) is 11.0 Å². The van der Waals surface area contributed by atoms with Crippen molar-refractivity contribution in [2.24, 2.45) is 0 Å². The highest BCUT2D eigenvalue weighted by Crippen LogP contribution is 2.31. The van der Waals surface area contributed by atoms with Crippen molar-refractivity contribution in [1.29, 1.82) is 0 Å². The van der Waals surface area contributed by atoms with Gasteiger partial charge in [0.2, 0.25) is 9.84 Å². The van der Waals surface area contributed by atoms with Crippen molar-refractivity contribution in [3.05, 3.63) is 78.3 Å². The number of phenolic OH excluding ortho intramolecular Hbond substituents is 1. The fourth-order valence-electron chi connectivity index (χ4n) is 3.12. The fraction of sp³-hybridized carbons (Fsp3) is 0.130. The normalized spacial score (nSPS) is 11.4. The van der Waals surface area contributed by atoms with Crippen LogP contribution in [-0.4, -0.2) is 31.0 Å². The molecule has 2 heterocycles. The number of nitrogens with zero attached hydrogens (tertiary/aromatic N) is 1. The molecule has 164 valence electrons. The first-order valence-corrected chi connectivity index (χ1v) is 11.3. The second kappa shape index (κ2) is 8.72. The third-order valence-electron chi connectivity index (χ3n) is 4.77. The number of phenols is 1. The Morgan fingerprint density at radius 1 is 1.09 bits per heavy atom. The van der Waals surface area contributed by atoms with E-state index in [0.29, 0.717) is 12.2 Å². The topological polar surface area (TPSA) is 119 Å². The van der Waals surface area contributed by atoms with Crippen LogP contribution in [0.4, 0.5) is 0 Å². The Balaban J connectivity index is 1.46. The third kappa shape index (κ3) is 4.28. The zero-order valence-corrected chi connectivity index (χ0v) is 17.9. The average Bonchev–Trinajstić information content (AvgIpc) is 3.24. The Morgan fingerprint density at radius 2 is 1.84 bits per heavy atom. The summed E-state index contributed by atoms with van der Waals surface area (Å²) in [5, 5.41) is 13.3. The number of benzene rings is 2. The number of amides is 1. The van der Waals surface area contributed by atoms with E-state index in [1.54, 1.807) is 37.4 Å². The van der Waals surface area contributed by atoms with Crippen molar-refractivity contribution in [2.75, 3.05) is 6.61 Å². The number of furan rings is 1. The molecule has 0 fully saturated rings. The van der Waals surface area contributed by atoms with Crippen molar-refractivity contribution >= 4 is 26.7 Å². The molecule has 0 aliphatic carbocycles. The van der Waals surface area contributed by atoms with Gasteiger partial charge in [-0.2, -0.15) is 0 Å². The first kappa shape index (κ1) is 21.4. The highest BCUT2D eigenvalue weighted by molar-refractivity contribution is 7.91. The number of aromatic nitrogens is 1. The second-order valence-electron chi connectivity index (χ2n) is 6.92. The van der Waals surface area contributed by atoms with Crippen molar-refractivity contribution in [3.8, 4) is 11.5 Å². The quantitative estimate of drug-likeness (QED) is 0.439. The zero-order valence-electron chi connectivity index (χ0n) is 17.1. The molecule has 4 rings (SSSR count). The van der Waals surface area contributed by atoms with Gasteiger partial charge >= 0.3 is 0 Å². The van der Waals surface area contributed by atoms with E-state index >= 15 is 0 Å². The summed E-state index contributed by atoms with van der Waals surface area (Å²) < 4.78 is 36.6. The number of sulfone groups is 1. The monoisotopic (exact) mass is 452 g/mol. The predicted molar refractivity (Wildman–Crippen MR) is 116 cm³/mol. The largest absolute Gasteiger partial charge is 0.504 e. The van der Waals surface area contributed by atoms with Crippen LogP contribution >= 0.6 is 0 Å². The van der Waals surface area contributed by atoms with Crippen molar-refractivity contribution in [3.63, 3.8) is 0 Å². The van der Waals surface area contributed by atoms with Gasteiger partial charge in [-0.25, -0.2) is 8.42 Å². The Hall–Kier alpha value is -3.85. The van der Waals surface area contributed by atoms with Gasteiger partial charge < -0.3 is 19.6 Å². The van der Waals surface area contributed by atoms with Crippen molar-refractivity contribution in [1.82, 2.24) is 10.3 Å². The Morgan fingerprint density at radius 3 is 2.56 bits per heavy atom. The molecule has 2 aromatic heterocycles. The van der Waals surface area contributed by atoms with Gasteiger partial charge in [0, 0.05) is 24.2 Å². The van der Waals surface area contributed by atoms with Crippen LogP contribution in [0.5, 0.6) is 11.5 Å². The maximum Gasteiger partial charge on any atom is 0.287 e. The summed E-state index contributed by atoms with van der Waals surface area (Å²) in [5.74, 6) is -0.234. The molecule has 0 spiro atoms. The molecule has 1 amide bonds. The third-order valence-corrected chi connectivity index (χ3v) is 6.54. The summed E-state index contributed by atoms with van der Waals surface area (Å²) in [6.07, 6.45) is 3.15. The maximum atomic E-state index is 12.9. The SMILES string of the molecule is CCOc1cc(S(=O)(=O)c2ccc(CNC(=O)c3cc4ccncc4o3)cc2)ccc1O. The molecule has 0 saturated carbocycles. The van der Waals surface area contributed by atoms with E-state index in [1.165, 1.54) is 36.5 Å². The van der Waals surface area contributed by atoms with Gasteiger partial charge in [-0.3, -0.25) is 9.78 Å². The van der Waals surface area contributed by atoms with Gasteiger partial charge in [0.05, 0.1) is 22.6 Å². The number of carbonyl (C=O) groups excluding carboxylic acids is 1. The number of nitrogens with one attached hydrogen (secondary N) is 1. The summed E-state index contributed by atoms with van der Waals surface area (Å²) in [4.78, 5) is 16.4. The molecular formula is C23H20N2O6S. The maximum absolute atomic E-state index is 12.9. The van der Waals surface area contributed by atoms with E-state index in [0.717, 1.165) is 10.9 Å². The second-order valence-corrected chi connectivity index (χ2v) is 8.87. The number of carbonyl (C=O) groups is 1.